The number of rotatable bonds is 1. The molecule has 2 aromatic rings. The van der Waals surface area contributed by atoms with Gasteiger partial charge in [-0.1, -0.05) is 11.6 Å². The highest BCUT2D eigenvalue weighted by molar-refractivity contribution is 6.32. The topological polar surface area (TPSA) is 64.9 Å². The van der Waals surface area contributed by atoms with E-state index in [1.807, 2.05) is 0 Å². The van der Waals surface area contributed by atoms with E-state index in [9.17, 15) is 0 Å². The highest BCUT2D eigenvalue weighted by Crippen LogP contribution is 2.31. The van der Waals surface area contributed by atoms with Crippen LogP contribution in [0.25, 0.3) is 11.3 Å². The van der Waals surface area contributed by atoms with E-state index in [0.29, 0.717) is 17.0 Å². The standard InChI is InChI=1S/C8H5Cl2N3O/c9-6-2-1-5(14-6)4-3-12-13-8(10)7(4)11/h1-3H,(H2,11,12). The van der Waals surface area contributed by atoms with Crippen LogP contribution in [0.2, 0.25) is 10.4 Å². The molecule has 0 radical (unpaired) electrons. The number of nitrogens with zero attached hydrogens (tertiary/aromatic N) is 2. The molecule has 0 unspecified atom stereocenters. The molecule has 2 rings (SSSR count). The molecule has 0 amide bonds. The Morgan fingerprint density at radius 3 is 2.71 bits per heavy atom. The maximum Gasteiger partial charge on any atom is 0.193 e. The van der Waals surface area contributed by atoms with Crippen molar-refractivity contribution in [3.8, 4) is 11.3 Å². The van der Waals surface area contributed by atoms with Crippen molar-refractivity contribution in [3.63, 3.8) is 0 Å². The number of halogens is 2. The third-order valence-electron chi connectivity index (χ3n) is 1.68. The van der Waals surface area contributed by atoms with Crippen LogP contribution < -0.4 is 5.73 Å². The molecule has 0 saturated carbocycles. The lowest BCUT2D eigenvalue weighted by atomic mass is 10.2. The van der Waals surface area contributed by atoms with Crippen LogP contribution in [0.5, 0.6) is 0 Å². The molecule has 0 aliphatic rings. The SMILES string of the molecule is Nc1c(-c2ccc(Cl)o2)cnnc1Cl. The van der Waals surface area contributed by atoms with Crippen molar-refractivity contribution in [1.29, 1.82) is 0 Å². The van der Waals surface area contributed by atoms with Gasteiger partial charge in [-0.3, -0.25) is 0 Å². The van der Waals surface area contributed by atoms with E-state index in [1.165, 1.54) is 6.20 Å². The lowest BCUT2D eigenvalue weighted by Gasteiger charge is -2.01. The molecule has 6 heteroatoms. The van der Waals surface area contributed by atoms with E-state index in [1.54, 1.807) is 12.1 Å². The second kappa shape index (κ2) is 3.48. The van der Waals surface area contributed by atoms with Crippen molar-refractivity contribution in [2.75, 3.05) is 5.73 Å². The van der Waals surface area contributed by atoms with E-state index in [2.05, 4.69) is 10.2 Å². The van der Waals surface area contributed by atoms with E-state index < -0.39 is 0 Å². The number of anilines is 1. The van der Waals surface area contributed by atoms with Gasteiger partial charge in [-0.15, -0.1) is 5.10 Å². The Morgan fingerprint density at radius 2 is 2.07 bits per heavy atom. The van der Waals surface area contributed by atoms with Crippen molar-refractivity contribution in [3.05, 3.63) is 28.7 Å². The van der Waals surface area contributed by atoms with Crippen LogP contribution in [-0.2, 0) is 0 Å². The third kappa shape index (κ3) is 1.54. The number of aromatic nitrogens is 2. The zero-order chi connectivity index (χ0) is 10.1. The predicted molar refractivity (Wildman–Crippen MR) is 54.2 cm³/mol. The van der Waals surface area contributed by atoms with Gasteiger partial charge in [0.25, 0.3) is 0 Å². The number of hydrogen-bond acceptors (Lipinski definition) is 4. The van der Waals surface area contributed by atoms with Crippen molar-refractivity contribution in [2.24, 2.45) is 0 Å². The molecule has 72 valence electrons. The molecule has 0 aliphatic carbocycles. The lowest BCUT2D eigenvalue weighted by molar-refractivity contribution is 0.584. The number of furan rings is 1. The van der Waals surface area contributed by atoms with Crippen LogP contribution in [0.1, 0.15) is 0 Å². The molecule has 2 aromatic heterocycles. The molecule has 4 nitrogen and oxygen atoms in total. The summed E-state index contributed by atoms with van der Waals surface area (Å²) >= 11 is 11.3. The second-order valence-electron chi connectivity index (χ2n) is 2.57. The number of hydrogen-bond donors (Lipinski definition) is 1. The Labute approximate surface area is 89.6 Å². The molecule has 0 aliphatic heterocycles. The zero-order valence-corrected chi connectivity index (χ0v) is 8.38. The normalized spacial score (nSPS) is 10.4. The van der Waals surface area contributed by atoms with Crippen LogP contribution in [0.15, 0.2) is 22.7 Å². The minimum atomic E-state index is 0.148. The van der Waals surface area contributed by atoms with E-state index >= 15 is 0 Å². The smallest absolute Gasteiger partial charge is 0.193 e. The van der Waals surface area contributed by atoms with Crippen molar-refractivity contribution in [1.82, 2.24) is 10.2 Å². The zero-order valence-electron chi connectivity index (χ0n) is 6.87. The van der Waals surface area contributed by atoms with Crippen molar-refractivity contribution >= 4 is 28.9 Å². The fraction of sp³-hybridized carbons (Fsp3) is 0. The van der Waals surface area contributed by atoms with Gasteiger partial charge < -0.3 is 10.2 Å². The molecule has 2 heterocycles. The van der Waals surface area contributed by atoms with Gasteiger partial charge in [-0.2, -0.15) is 5.10 Å². The van der Waals surface area contributed by atoms with Gasteiger partial charge in [0, 0.05) is 0 Å². The molecule has 0 fully saturated rings. The molecular weight excluding hydrogens is 225 g/mol. The van der Waals surface area contributed by atoms with Gasteiger partial charge in [0.05, 0.1) is 17.4 Å². The van der Waals surface area contributed by atoms with Crippen LogP contribution in [0.4, 0.5) is 5.69 Å². The van der Waals surface area contributed by atoms with E-state index in [4.69, 9.17) is 33.4 Å². The Morgan fingerprint density at radius 1 is 1.29 bits per heavy atom. The summed E-state index contributed by atoms with van der Waals surface area (Å²) in [4.78, 5) is 0. The maximum atomic E-state index is 5.70. The molecule has 2 N–H and O–H groups in total. The Bertz CT molecular complexity index is 469. The Kier molecular flexibility index (Phi) is 2.31. The maximum absolute atomic E-state index is 5.70. The van der Waals surface area contributed by atoms with Crippen LogP contribution >= 0.6 is 23.2 Å². The molecular formula is C8H5Cl2N3O. The average Bonchev–Trinajstić information content (AvgIpc) is 2.57. The summed E-state index contributed by atoms with van der Waals surface area (Å²) in [6.45, 7) is 0. The predicted octanol–water partition coefficient (Wildman–Crippen LogP) is 2.63. The summed E-state index contributed by atoms with van der Waals surface area (Å²) in [6.07, 6.45) is 1.47. The van der Waals surface area contributed by atoms with Crippen LogP contribution in [-0.4, -0.2) is 10.2 Å². The first-order valence-electron chi connectivity index (χ1n) is 3.71. The Balaban J connectivity index is 2.57. The number of nitrogen functional groups attached to an aromatic ring is 1. The summed E-state index contributed by atoms with van der Waals surface area (Å²) in [6, 6.07) is 3.30. The summed E-state index contributed by atoms with van der Waals surface area (Å²) in [5.41, 5.74) is 6.59. The van der Waals surface area contributed by atoms with Gasteiger partial charge in [-0.05, 0) is 23.7 Å². The monoisotopic (exact) mass is 229 g/mol. The molecule has 0 saturated heterocycles. The summed E-state index contributed by atoms with van der Waals surface area (Å²) in [7, 11) is 0. The Hall–Kier alpha value is -1.26. The molecule has 14 heavy (non-hydrogen) atoms. The fourth-order valence-corrected chi connectivity index (χ4v) is 1.32. The summed E-state index contributed by atoms with van der Waals surface area (Å²) < 4.78 is 5.16. The highest BCUT2D eigenvalue weighted by Gasteiger charge is 2.10. The largest absolute Gasteiger partial charge is 0.445 e. The quantitative estimate of drug-likeness (QED) is 0.817. The third-order valence-corrected chi connectivity index (χ3v) is 2.17. The second-order valence-corrected chi connectivity index (χ2v) is 3.30. The first-order valence-corrected chi connectivity index (χ1v) is 4.46. The average molecular weight is 230 g/mol. The van der Waals surface area contributed by atoms with Gasteiger partial charge in [0.2, 0.25) is 0 Å². The number of nitrogens with two attached hydrogens (primary N) is 1. The molecule has 0 spiro atoms. The lowest BCUT2D eigenvalue weighted by Crippen LogP contribution is -1.94. The van der Waals surface area contributed by atoms with Gasteiger partial charge >= 0.3 is 0 Å². The van der Waals surface area contributed by atoms with Crippen molar-refractivity contribution < 1.29 is 4.42 Å². The van der Waals surface area contributed by atoms with Crippen LogP contribution in [0, 0.1) is 0 Å². The van der Waals surface area contributed by atoms with Gasteiger partial charge in [0.15, 0.2) is 10.4 Å². The van der Waals surface area contributed by atoms with Gasteiger partial charge in [-0.25, -0.2) is 0 Å². The minimum absolute atomic E-state index is 0.148. The summed E-state index contributed by atoms with van der Waals surface area (Å²) in [5, 5.41) is 7.69. The molecule has 0 aromatic carbocycles. The van der Waals surface area contributed by atoms with E-state index in [-0.39, 0.29) is 10.4 Å². The first-order chi connectivity index (χ1) is 6.68. The van der Waals surface area contributed by atoms with E-state index in [0.717, 1.165) is 0 Å². The highest BCUT2D eigenvalue weighted by atomic mass is 35.5. The molecule has 0 atom stereocenters. The first kappa shape index (κ1) is 9.30. The summed E-state index contributed by atoms with van der Waals surface area (Å²) in [5.74, 6) is 0.518. The molecule has 0 bridgehead atoms. The van der Waals surface area contributed by atoms with Gasteiger partial charge in [0.1, 0.15) is 5.76 Å². The van der Waals surface area contributed by atoms with Crippen LogP contribution in [0.3, 0.4) is 0 Å². The minimum Gasteiger partial charge on any atom is -0.445 e. The van der Waals surface area contributed by atoms with Crippen molar-refractivity contribution in [2.45, 2.75) is 0 Å². The fourth-order valence-electron chi connectivity index (χ4n) is 1.03.